The Kier molecular flexibility index (Phi) is 3.95. The van der Waals surface area contributed by atoms with Crippen LogP contribution in [0.5, 0.6) is 0 Å². The van der Waals surface area contributed by atoms with Gasteiger partial charge in [0.25, 0.3) is 0 Å². The number of hydrogen-bond donors (Lipinski definition) is 0. The molecule has 18 heavy (non-hydrogen) atoms. The first kappa shape index (κ1) is 14.2. The van der Waals surface area contributed by atoms with E-state index in [1.54, 1.807) is 11.1 Å². The number of hydrogen-bond acceptors (Lipinski definition) is 0. The van der Waals surface area contributed by atoms with E-state index < -0.39 is 0 Å². The minimum absolute atomic E-state index is 0.355. The van der Waals surface area contributed by atoms with Crippen molar-refractivity contribution in [2.45, 2.75) is 68.4 Å². The van der Waals surface area contributed by atoms with Gasteiger partial charge in [-0.1, -0.05) is 0 Å². The van der Waals surface area contributed by atoms with E-state index in [4.69, 9.17) is 0 Å². The third-order valence-electron chi connectivity index (χ3n) is 4.41. The third kappa shape index (κ3) is 2.17. The van der Waals surface area contributed by atoms with Gasteiger partial charge in [0.15, 0.2) is 0 Å². The second-order valence-electron chi connectivity index (χ2n) is 6.59. The Labute approximate surface area is 119 Å². The van der Waals surface area contributed by atoms with Crippen molar-refractivity contribution in [1.29, 1.82) is 0 Å². The molecule has 100 valence electrons. The molecule has 0 heterocycles. The van der Waals surface area contributed by atoms with Crippen LogP contribution in [0, 0.1) is 0 Å². The zero-order valence-electron chi connectivity index (χ0n) is 12.4. The number of rotatable bonds is 4. The summed E-state index contributed by atoms with van der Waals surface area (Å²) in [7, 11) is 0. The quantitative estimate of drug-likeness (QED) is 0.544. The summed E-state index contributed by atoms with van der Waals surface area (Å²) in [6, 6.07) is 9.12. The molecule has 0 aromatic heterocycles. The van der Waals surface area contributed by atoms with E-state index in [0.29, 0.717) is 10.8 Å². The van der Waals surface area contributed by atoms with E-state index in [9.17, 15) is 0 Å². The molecular formula is C17H26Se. The van der Waals surface area contributed by atoms with E-state index in [-0.39, 0.29) is 0 Å². The Balaban J connectivity index is 2.33. The van der Waals surface area contributed by atoms with Crippen molar-refractivity contribution in [3.05, 3.63) is 35.4 Å². The van der Waals surface area contributed by atoms with E-state index in [1.165, 1.54) is 18.2 Å². The molecule has 0 nitrogen and oxygen atoms in total. The molecule has 1 heteroatoms. The fourth-order valence-electron chi connectivity index (χ4n) is 3.55. The Morgan fingerprint density at radius 2 is 1.50 bits per heavy atom. The zero-order valence-corrected chi connectivity index (χ0v) is 14.1. The van der Waals surface area contributed by atoms with Crippen LogP contribution in [0.2, 0.25) is 10.1 Å². The van der Waals surface area contributed by atoms with Crippen LogP contribution in [0.25, 0.3) is 0 Å². The van der Waals surface area contributed by atoms with Gasteiger partial charge in [0.2, 0.25) is 0 Å². The fourth-order valence-corrected chi connectivity index (χ4v) is 7.28. The predicted molar refractivity (Wildman–Crippen MR) is 81.7 cm³/mol. The van der Waals surface area contributed by atoms with Crippen molar-refractivity contribution in [2.75, 3.05) is 0 Å². The van der Waals surface area contributed by atoms with Crippen LogP contribution in [0.1, 0.15) is 58.6 Å². The van der Waals surface area contributed by atoms with Gasteiger partial charge in [-0.15, -0.1) is 0 Å². The molecule has 1 aliphatic rings. The summed E-state index contributed by atoms with van der Waals surface area (Å²) in [6.45, 7) is 12.1. The zero-order chi connectivity index (χ0) is 13.4. The van der Waals surface area contributed by atoms with Crippen molar-refractivity contribution in [1.82, 2.24) is 0 Å². The minimum atomic E-state index is 0.355. The first-order valence-electron chi connectivity index (χ1n) is 7.14. The van der Waals surface area contributed by atoms with Crippen LogP contribution in [-0.2, 0) is 10.8 Å². The molecule has 0 aliphatic heterocycles. The molecule has 0 saturated heterocycles. The first-order valence-corrected chi connectivity index (χ1v) is 9.34. The molecule has 0 unspecified atom stereocenters. The molecular weight excluding hydrogens is 283 g/mol. The molecule has 0 spiro atoms. The Hall–Kier alpha value is -0.261. The fraction of sp³-hybridized carbons (Fsp3) is 0.647. The van der Waals surface area contributed by atoms with Gasteiger partial charge in [-0.2, -0.15) is 0 Å². The number of unbranched alkanes of at least 4 members (excludes halogenated alkanes) is 1. The summed E-state index contributed by atoms with van der Waals surface area (Å²) in [5, 5.41) is 1.44. The van der Waals surface area contributed by atoms with Crippen molar-refractivity contribution in [3.63, 3.8) is 0 Å². The summed E-state index contributed by atoms with van der Waals surface area (Å²) in [4.78, 5) is 0.835. The Morgan fingerprint density at radius 1 is 1.00 bits per heavy atom. The average Bonchev–Trinajstić information content (AvgIpc) is 2.48. The van der Waals surface area contributed by atoms with Gasteiger partial charge >= 0.3 is 119 Å². The maximum absolute atomic E-state index is 2.46. The van der Waals surface area contributed by atoms with Crippen LogP contribution >= 0.6 is 0 Å². The van der Waals surface area contributed by atoms with Crippen molar-refractivity contribution >= 4 is 15.0 Å². The van der Waals surface area contributed by atoms with Crippen LogP contribution in [0.3, 0.4) is 0 Å². The van der Waals surface area contributed by atoms with Crippen molar-refractivity contribution in [2.24, 2.45) is 0 Å². The van der Waals surface area contributed by atoms with E-state index in [0.717, 1.165) is 19.8 Å². The summed E-state index contributed by atoms with van der Waals surface area (Å²) in [5.41, 5.74) is 3.90. The van der Waals surface area contributed by atoms with Gasteiger partial charge in [0.1, 0.15) is 0 Å². The van der Waals surface area contributed by atoms with Gasteiger partial charge in [-0.3, -0.25) is 0 Å². The molecule has 0 atom stereocenters. The van der Waals surface area contributed by atoms with E-state index in [2.05, 4.69) is 58.9 Å². The standard InChI is InChI=1S/C17H26Se/c1-6-7-12-18-15-16(2,3)13-10-8-9-11-14(13)17(15,4)5/h8-11,15H,6-7,12H2,1-5H3. The van der Waals surface area contributed by atoms with Gasteiger partial charge in [-0.05, 0) is 0 Å². The SMILES string of the molecule is CCCC[Se]C1C(C)(C)c2ccccc2C1(C)C. The topological polar surface area (TPSA) is 0 Å². The summed E-state index contributed by atoms with van der Waals surface area (Å²) in [6.07, 6.45) is 2.74. The van der Waals surface area contributed by atoms with Gasteiger partial charge < -0.3 is 0 Å². The van der Waals surface area contributed by atoms with Crippen LogP contribution in [0.4, 0.5) is 0 Å². The first-order chi connectivity index (χ1) is 8.42. The maximum atomic E-state index is 2.46. The van der Waals surface area contributed by atoms with Gasteiger partial charge in [-0.25, -0.2) is 0 Å². The molecule has 1 aromatic rings. The molecule has 2 rings (SSSR count). The summed E-state index contributed by atoms with van der Waals surface area (Å²) < 4.78 is 0. The number of fused-ring (bicyclic) bond motifs is 1. The van der Waals surface area contributed by atoms with Gasteiger partial charge in [0.05, 0.1) is 0 Å². The Morgan fingerprint density at radius 3 is 1.94 bits per heavy atom. The molecule has 1 aliphatic carbocycles. The van der Waals surface area contributed by atoms with Crippen molar-refractivity contribution in [3.8, 4) is 0 Å². The molecule has 0 amide bonds. The van der Waals surface area contributed by atoms with Gasteiger partial charge in [0, 0.05) is 0 Å². The average molecular weight is 309 g/mol. The predicted octanol–water partition coefficient (Wildman–Crippen LogP) is 4.97. The second-order valence-corrected chi connectivity index (χ2v) is 9.14. The molecule has 1 aromatic carbocycles. The van der Waals surface area contributed by atoms with Crippen molar-refractivity contribution < 1.29 is 0 Å². The normalized spacial score (nSPS) is 20.9. The van der Waals surface area contributed by atoms with Crippen LogP contribution in [-0.4, -0.2) is 15.0 Å². The number of benzene rings is 1. The molecule has 0 saturated carbocycles. The summed E-state index contributed by atoms with van der Waals surface area (Å²) in [5.74, 6) is 0. The van der Waals surface area contributed by atoms with Crippen LogP contribution in [0.15, 0.2) is 24.3 Å². The third-order valence-corrected chi connectivity index (χ3v) is 8.68. The summed E-state index contributed by atoms with van der Waals surface area (Å²) >= 11 is 0.752. The monoisotopic (exact) mass is 310 g/mol. The molecule has 0 radical (unpaired) electrons. The molecule has 0 N–H and O–H groups in total. The molecule has 0 fully saturated rings. The van der Waals surface area contributed by atoms with E-state index in [1.807, 2.05) is 0 Å². The van der Waals surface area contributed by atoms with E-state index >= 15 is 0 Å². The Bertz CT molecular complexity index is 382. The second kappa shape index (κ2) is 5.02. The molecule has 0 bridgehead atoms. The van der Waals surface area contributed by atoms with Crippen LogP contribution < -0.4 is 0 Å².